The Balaban J connectivity index is 2.66. The molecule has 0 saturated carbocycles. The van der Waals surface area contributed by atoms with Crippen LogP contribution in [-0.4, -0.2) is 18.0 Å². The Bertz CT molecular complexity index is 294. The average molecular weight is 268 g/mol. The summed E-state index contributed by atoms with van der Waals surface area (Å²) in [5.74, 6) is 1.27. The van der Waals surface area contributed by atoms with Crippen LogP contribution in [0, 0.1) is 17.8 Å². The van der Waals surface area contributed by atoms with Crippen molar-refractivity contribution in [1.29, 1.82) is 0 Å². The van der Waals surface area contributed by atoms with Gasteiger partial charge in [0.05, 0.1) is 12.2 Å². The maximum atomic E-state index is 6.10. The van der Waals surface area contributed by atoms with E-state index in [1.807, 2.05) is 13.8 Å². The molecule has 2 nitrogen and oxygen atoms in total. The lowest BCUT2D eigenvalue weighted by molar-refractivity contribution is -0.149. The van der Waals surface area contributed by atoms with E-state index in [9.17, 15) is 0 Å². The highest BCUT2D eigenvalue weighted by atomic mass is 16.7. The Hall–Kier alpha value is -0.340. The number of ether oxygens (including phenoxy) is 2. The molecule has 0 aliphatic carbocycles. The fourth-order valence-electron chi connectivity index (χ4n) is 2.50. The molecule has 0 bridgehead atoms. The maximum absolute atomic E-state index is 6.10. The number of allylic oxidation sites excluding steroid dienone is 1. The molecule has 1 heterocycles. The van der Waals surface area contributed by atoms with Crippen molar-refractivity contribution in [3.63, 3.8) is 0 Å². The molecular formula is C17H32O2. The topological polar surface area (TPSA) is 18.5 Å². The summed E-state index contributed by atoms with van der Waals surface area (Å²) in [6.07, 6.45) is 7.26. The summed E-state index contributed by atoms with van der Waals surface area (Å²) in [7, 11) is 0. The molecule has 0 aromatic heterocycles. The highest BCUT2D eigenvalue weighted by molar-refractivity contribution is 4.98. The number of hydrogen-bond acceptors (Lipinski definition) is 2. The van der Waals surface area contributed by atoms with E-state index in [0.717, 1.165) is 12.8 Å². The highest BCUT2D eigenvalue weighted by Gasteiger charge is 2.42. The first-order valence-corrected chi connectivity index (χ1v) is 7.80. The van der Waals surface area contributed by atoms with Crippen LogP contribution in [0.2, 0.25) is 0 Å². The van der Waals surface area contributed by atoms with Gasteiger partial charge in [-0.3, -0.25) is 0 Å². The standard InChI is InChI=1S/C17H32O2/c1-8-9-15-16(19-17(6,7)18-15)14(5)11-10-13(4)12(2)3/h10-16H,8-9H2,1-7H3/b11-10-/t13-,14?,15+,16-/m1/s1. The van der Waals surface area contributed by atoms with E-state index in [1.165, 1.54) is 0 Å². The molecule has 0 aromatic rings. The molecule has 4 atom stereocenters. The Labute approximate surface area is 119 Å². The zero-order valence-electron chi connectivity index (χ0n) is 13.8. The maximum Gasteiger partial charge on any atom is 0.163 e. The van der Waals surface area contributed by atoms with E-state index in [-0.39, 0.29) is 12.2 Å². The molecule has 19 heavy (non-hydrogen) atoms. The minimum absolute atomic E-state index is 0.186. The van der Waals surface area contributed by atoms with E-state index in [0.29, 0.717) is 17.8 Å². The molecule has 0 radical (unpaired) electrons. The van der Waals surface area contributed by atoms with Gasteiger partial charge in [0.2, 0.25) is 0 Å². The van der Waals surface area contributed by atoms with Gasteiger partial charge in [-0.05, 0) is 32.1 Å². The van der Waals surface area contributed by atoms with Crippen molar-refractivity contribution < 1.29 is 9.47 Å². The van der Waals surface area contributed by atoms with E-state index in [4.69, 9.17) is 9.47 Å². The molecule has 1 fully saturated rings. The van der Waals surface area contributed by atoms with Gasteiger partial charge in [0.25, 0.3) is 0 Å². The van der Waals surface area contributed by atoms with Crippen molar-refractivity contribution in [1.82, 2.24) is 0 Å². The van der Waals surface area contributed by atoms with Crippen LogP contribution < -0.4 is 0 Å². The molecule has 0 spiro atoms. The molecule has 0 N–H and O–H groups in total. The number of rotatable bonds is 6. The predicted octanol–water partition coefficient (Wildman–Crippen LogP) is 4.79. The molecule has 2 heteroatoms. The highest BCUT2D eigenvalue weighted by Crippen LogP contribution is 2.34. The summed E-state index contributed by atoms with van der Waals surface area (Å²) in [5.41, 5.74) is 0. The van der Waals surface area contributed by atoms with Gasteiger partial charge in [0, 0.05) is 5.92 Å². The summed E-state index contributed by atoms with van der Waals surface area (Å²) in [6.45, 7) is 15.3. The zero-order chi connectivity index (χ0) is 14.6. The van der Waals surface area contributed by atoms with E-state index >= 15 is 0 Å². The third kappa shape index (κ3) is 4.92. The van der Waals surface area contributed by atoms with Crippen LogP contribution in [0.4, 0.5) is 0 Å². The lowest BCUT2D eigenvalue weighted by Crippen LogP contribution is -2.28. The predicted molar refractivity (Wildman–Crippen MR) is 81.0 cm³/mol. The minimum atomic E-state index is -0.434. The molecule has 1 aliphatic heterocycles. The lowest BCUT2D eigenvalue weighted by Gasteiger charge is -2.21. The largest absolute Gasteiger partial charge is 0.345 e. The molecular weight excluding hydrogens is 236 g/mol. The summed E-state index contributed by atoms with van der Waals surface area (Å²) in [6, 6.07) is 0. The van der Waals surface area contributed by atoms with E-state index in [2.05, 4.69) is 46.8 Å². The average Bonchev–Trinajstić information content (AvgIpc) is 2.61. The number of hydrogen-bond donors (Lipinski definition) is 0. The molecule has 112 valence electrons. The lowest BCUT2D eigenvalue weighted by atomic mass is 9.92. The van der Waals surface area contributed by atoms with Crippen LogP contribution in [0.1, 0.15) is 61.3 Å². The van der Waals surface area contributed by atoms with Crippen molar-refractivity contribution in [3.05, 3.63) is 12.2 Å². The molecule has 0 aromatic carbocycles. The van der Waals surface area contributed by atoms with Gasteiger partial charge < -0.3 is 9.47 Å². The van der Waals surface area contributed by atoms with Crippen molar-refractivity contribution >= 4 is 0 Å². The third-order valence-electron chi connectivity index (χ3n) is 4.08. The van der Waals surface area contributed by atoms with E-state index < -0.39 is 5.79 Å². The van der Waals surface area contributed by atoms with E-state index in [1.54, 1.807) is 0 Å². The van der Waals surface area contributed by atoms with Gasteiger partial charge in [-0.15, -0.1) is 0 Å². The minimum Gasteiger partial charge on any atom is -0.345 e. The normalized spacial score (nSPS) is 30.1. The van der Waals surface area contributed by atoms with Crippen molar-refractivity contribution in [2.75, 3.05) is 0 Å². The smallest absolute Gasteiger partial charge is 0.163 e. The molecule has 1 rings (SSSR count). The Morgan fingerprint density at radius 3 is 2.21 bits per heavy atom. The second-order valence-corrected chi connectivity index (χ2v) is 6.77. The molecule has 0 amide bonds. The summed E-state index contributed by atoms with van der Waals surface area (Å²) >= 11 is 0. The molecule has 1 unspecified atom stereocenters. The first-order valence-electron chi connectivity index (χ1n) is 7.80. The molecule has 1 aliphatic rings. The fourth-order valence-corrected chi connectivity index (χ4v) is 2.50. The van der Waals surface area contributed by atoms with Gasteiger partial charge in [0.1, 0.15) is 0 Å². The SMILES string of the molecule is CCC[C@@H]1OC(C)(C)O[C@@H]1C(C)/C=C\[C@@H](C)C(C)C. The molecule has 1 saturated heterocycles. The van der Waals surface area contributed by atoms with Crippen molar-refractivity contribution in [2.24, 2.45) is 17.8 Å². The first kappa shape index (κ1) is 16.7. The van der Waals surface area contributed by atoms with Crippen molar-refractivity contribution in [3.8, 4) is 0 Å². The quantitative estimate of drug-likeness (QED) is 0.645. The monoisotopic (exact) mass is 268 g/mol. The van der Waals surface area contributed by atoms with Crippen LogP contribution >= 0.6 is 0 Å². The second kappa shape index (κ2) is 6.90. The first-order chi connectivity index (χ1) is 8.76. The summed E-state index contributed by atoms with van der Waals surface area (Å²) in [4.78, 5) is 0. The van der Waals surface area contributed by atoms with Gasteiger partial charge in [-0.2, -0.15) is 0 Å². The summed E-state index contributed by atoms with van der Waals surface area (Å²) < 4.78 is 12.1. The van der Waals surface area contributed by atoms with Gasteiger partial charge in [-0.1, -0.05) is 53.2 Å². The fraction of sp³-hybridized carbons (Fsp3) is 0.882. The Morgan fingerprint density at radius 2 is 1.68 bits per heavy atom. The van der Waals surface area contributed by atoms with Crippen LogP contribution in [0.5, 0.6) is 0 Å². The van der Waals surface area contributed by atoms with Gasteiger partial charge >= 0.3 is 0 Å². The van der Waals surface area contributed by atoms with Gasteiger partial charge in [-0.25, -0.2) is 0 Å². The summed E-state index contributed by atoms with van der Waals surface area (Å²) in [5, 5.41) is 0. The third-order valence-corrected chi connectivity index (χ3v) is 4.08. The Morgan fingerprint density at radius 1 is 1.05 bits per heavy atom. The van der Waals surface area contributed by atoms with Crippen LogP contribution in [-0.2, 0) is 9.47 Å². The van der Waals surface area contributed by atoms with Gasteiger partial charge in [0.15, 0.2) is 5.79 Å². The second-order valence-electron chi connectivity index (χ2n) is 6.77. The zero-order valence-corrected chi connectivity index (χ0v) is 13.8. The Kier molecular flexibility index (Phi) is 6.07. The van der Waals surface area contributed by atoms with Crippen LogP contribution in [0.25, 0.3) is 0 Å². The van der Waals surface area contributed by atoms with Crippen molar-refractivity contribution in [2.45, 2.75) is 79.3 Å². The van der Waals surface area contributed by atoms with Crippen LogP contribution in [0.3, 0.4) is 0 Å². The van der Waals surface area contributed by atoms with Crippen LogP contribution in [0.15, 0.2) is 12.2 Å².